The summed E-state index contributed by atoms with van der Waals surface area (Å²) in [6.07, 6.45) is 5.39. The molecule has 7 unspecified atom stereocenters. The summed E-state index contributed by atoms with van der Waals surface area (Å²) in [5.74, 6) is 0.655. The Bertz CT molecular complexity index is 843. The highest BCUT2D eigenvalue weighted by molar-refractivity contribution is 6.10. The van der Waals surface area contributed by atoms with E-state index in [0.717, 1.165) is 6.42 Å². The molecule has 1 saturated heterocycles. The van der Waals surface area contributed by atoms with Crippen LogP contribution < -0.4 is 10.1 Å². The zero-order valence-corrected chi connectivity index (χ0v) is 15.3. The predicted octanol–water partition coefficient (Wildman–Crippen LogP) is 2.08. The quantitative estimate of drug-likeness (QED) is 0.654. The van der Waals surface area contributed by atoms with Gasteiger partial charge in [-0.1, -0.05) is 24.3 Å². The van der Waals surface area contributed by atoms with Crippen LogP contribution in [0.15, 0.2) is 36.4 Å². The van der Waals surface area contributed by atoms with Crippen molar-refractivity contribution in [1.29, 1.82) is 0 Å². The predicted molar refractivity (Wildman–Crippen MR) is 97.6 cm³/mol. The van der Waals surface area contributed by atoms with Crippen molar-refractivity contribution in [2.75, 3.05) is 12.4 Å². The van der Waals surface area contributed by atoms with Crippen LogP contribution in [0.2, 0.25) is 0 Å². The maximum Gasteiger partial charge on any atom is 0.247 e. The number of para-hydroxylation sites is 2. The summed E-state index contributed by atoms with van der Waals surface area (Å²) in [4.78, 5) is 40.2. The van der Waals surface area contributed by atoms with Gasteiger partial charge in [0.25, 0.3) is 0 Å². The van der Waals surface area contributed by atoms with Crippen LogP contribution in [0.3, 0.4) is 0 Å². The van der Waals surface area contributed by atoms with E-state index in [2.05, 4.69) is 17.5 Å². The highest BCUT2D eigenvalue weighted by atomic mass is 16.5. The molecule has 2 saturated carbocycles. The molecule has 4 aliphatic carbocycles. The van der Waals surface area contributed by atoms with Crippen LogP contribution in [-0.4, -0.2) is 35.8 Å². The van der Waals surface area contributed by atoms with Crippen LogP contribution >= 0.6 is 0 Å². The van der Waals surface area contributed by atoms with Gasteiger partial charge in [-0.3, -0.25) is 19.3 Å². The SMILES string of the molecule is COc1ccccc1NC(=O)C(C)N1C(=O)C2C3C=CC(C4CC34)C2C1=O. The van der Waals surface area contributed by atoms with Crippen molar-refractivity contribution in [2.24, 2.45) is 35.5 Å². The summed E-state index contributed by atoms with van der Waals surface area (Å²) in [6, 6.07) is 6.23. The van der Waals surface area contributed by atoms with Crippen LogP contribution in [0.1, 0.15) is 13.3 Å². The number of allylic oxidation sites excluding steroid dienone is 2. The van der Waals surface area contributed by atoms with Gasteiger partial charge >= 0.3 is 0 Å². The second-order valence-corrected chi connectivity index (χ2v) is 8.07. The molecular weight excluding hydrogens is 344 g/mol. The van der Waals surface area contributed by atoms with Crippen molar-refractivity contribution in [2.45, 2.75) is 19.4 Å². The van der Waals surface area contributed by atoms with E-state index < -0.39 is 6.04 Å². The van der Waals surface area contributed by atoms with Crippen molar-refractivity contribution in [1.82, 2.24) is 4.90 Å². The summed E-state index contributed by atoms with van der Waals surface area (Å²) < 4.78 is 5.25. The minimum Gasteiger partial charge on any atom is -0.495 e. The highest BCUT2D eigenvalue weighted by Gasteiger charge is 2.67. The number of amides is 3. The van der Waals surface area contributed by atoms with Gasteiger partial charge in [-0.15, -0.1) is 0 Å². The molecule has 1 aromatic rings. The van der Waals surface area contributed by atoms with Crippen molar-refractivity contribution in [3.63, 3.8) is 0 Å². The van der Waals surface area contributed by atoms with E-state index in [0.29, 0.717) is 23.3 Å². The van der Waals surface area contributed by atoms with E-state index in [4.69, 9.17) is 4.74 Å². The summed E-state index contributed by atoms with van der Waals surface area (Å²) in [5, 5.41) is 2.79. The number of nitrogens with zero attached hydrogens (tertiary/aromatic N) is 1. The average Bonchev–Trinajstić information content (AvgIpc) is 3.45. The molecule has 1 aromatic carbocycles. The first-order valence-electron chi connectivity index (χ1n) is 9.52. The monoisotopic (exact) mass is 366 g/mol. The van der Waals surface area contributed by atoms with Gasteiger partial charge in [0, 0.05) is 0 Å². The highest BCUT2D eigenvalue weighted by Crippen LogP contribution is 2.65. The number of carbonyl (C=O) groups excluding carboxylic acids is 3. The van der Waals surface area contributed by atoms with E-state index in [1.54, 1.807) is 25.1 Å². The van der Waals surface area contributed by atoms with Crippen LogP contribution in [0, 0.1) is 35.5 Å². The molecule has 2 bridgehead atoms. The number of benzene rings is 1. The fourth-order valence-electron chi connectivity index (χ4n) is 5.46. The molecular formula is C21H22N2O4. The Morgan fingerprint density at radius 1 is 1.11 bits per heavy atom. The van der Waals surface area contributed by atoms with Gasteiger partial charge < -0.3 is 10.1 Å². The first kappa shape index (κ1) is 16.5. The van der Waals surface area contributed by atoms with E-state index in [1.165, 1.54) is 12.0 Å². The molecule has 1 aliphatic heterocycles. The Morgan fingerprint density at radius 2 is 1.70 bits per heavy atom. The van der Waals surface area contributed by atoms with Gasteiger partial charge in [-0.05, 0) is 49.1 Å². The number of methoxy groups -OCH3 is 1. The van der Waals surface area contributed by atoms with E-state index in [9.17, 15) is 14.4 Å². The topological polar surface area (TPSA) is 75.7 Å². The van der Waals surface area contributed by atoms with Crippen LogP contribution in [0.4, 0.5) is 5.69 Å². The van der Waals surface area contributed by atoms with Crippen LogP contribution in [0.5, 0.6) is 5.75 Å². The third kappa shape index (κ3) is 2.22. The molecule has 0 spiro atoms. The van der Waals surface area contributed by atoms with Gasteiger partial charge in [0.2, 0.25) is 17.7 Å². The number of nitrogens with one attached hydrogen (secondary N) is 1. The van der Waals surface area contributed by atoms with Gasteiger partial charge in [0.1, 0.15) is 11.8 Å². The third-order valence-corrected chi connectivity index (χ3v) is 6.83. The van der Waals surface area contributed by atoms with Gasteiger partial charge in [-0.2, -0.15) is 0 Å². The molecule has 1 N–H and O–H groups in total. The lowest BCUT2D eigenvalue weighted by atomic mass is 9.63. The maximum absolute atomic E-state index is 13.1. The number of imide groups is 1. The van der Waals surface area contributed by atoms with Gasteiger partial charge in [0.15, 0.2) is 0 Å². The summed E-state index contributed by atoms with van der Waals surface area (Å²) >= 11 is 0. The molecule has 6 rings (SSSR count). The lowest BCUT2D eigenvalue weighted by Crippen LogP contribution is -2.46. The van der Waals surface area contributed by atoms with Crippen molar-refractivity contribution >= 4 is 23.4 Å². The lowest BCUT2D eigenvalue weighted by Gasteiger charge is -2.37. The Hall–Kier alpha value is -2.63. The Labute approximate surface area is 157 Å². The second-order valence-electron chi connectivity index (χ2n) is 8.07. The maximum atomic E-state index is 13.1. The number of rotatable bonds is 4. The molecule has 0 radical (unpaired) electrons. The van der Waals surface area contributed by atoms with Crippen molar-refractivity contribution in [3.8, 4) is 5.75 Å². The molecule has 140 valence electrons. The fourth-order valence-corrected chi connectivity index (χ4v) is 5.46. The van der Waals surface area contributed by atoms with Crippen molar-refractivity contribution in [3.05, 3.63) is 36.4 Å². The van der Waals surface area contributed by atoms with E-state index >= 15 is 0 Å². The van der Waals surface area contributed by atoms with Crippen molar-refractivity contribution < 1.29 is 19.1 Å². The number of hydrogen-bond acceptors (Lipinski definition) is 4. The van der Waals surface area contributed by atoms with E-state index in [-0.39, 0.29) is 41.4 Å². The molecule has 27 heavy (non-hydrogen) atoms. The van der Waals surface area contributed by atoms with Gasteiger partial charge in [-0.25, -0.2) is 0 Å². The molecule has 3 amide bonds. The number of carbonyl (C=O) groups is 3. The normalized spacial score (nSPS) is 36.3. The minimum absolute atomic E-state index is 0.163. The average molecular weight is 366 g/mol. The zero-order valence-electron chi connectivity index (χ0n) is 15.3. The minimum atomic E-state index is -0.851. The lowest BCUT2D eigenvalue weighted by molar-refractivity contribution is -0.146. The standard InChI is InChI=1S/C21H22N2O4/c1-10(19(24)22-15-5-3-4-6-16(15)27-2)23-20(25)17-11-7-8-12(14-9-13(11)14)18(17)21(23)26/h3-8,10-14,17-18H,9H2,1-2H3,(H,22,24). The first-order valence-corrected chi connectivity index (χ1v) is 9.52. The summed E-state index contributed by atoms with van der Waals surface area (Å²) in [7, 11) is 1.53. The Morgan fingerprint density at radius 3 is 2.30 bits per heavy atom. The second kappa shape index (κ2) is 5.68. The molecule has 3 fully saturated rings. The number of anilines is 1. The smallest absolute Gasteiger partial charge is 0.247 e. The molecule has 5 aliphatic rings. The molecule has 1 heterocycles. The number of ether oxygens (including phenoxy) is 1. The number of likely N-dealkylation sites (tertiary alicyclic amines) is 1. The van der Waals surface area contributed by atoms with Gasteiger partial charge in [0.05, 0.1) is 24.6 Å². The third-order valence-electron chi connectivity index (χ3n) is 6.83. The number of hydrogen-bond donors (Lipinski definition) is 1. The summed E-state index contributed by atoms with van der Waals surface area (Å²) in [5.41, 5.74) is 0.524. The van der Waals surface area contributed by atoms with Crippen LogP contribution in [-0.2, 0) is 14.4 Å². The fraction of sp³-hybridized carbons (Fsp3) is 0.476. The molecule has 0 aromatic heterocycles. The molecule has 6 heteroatoms. The summed E-state index contributed by atoms with van der Waals surface area (Å²) in [6.45, 7) is 1.62. The Balaban J connectivity index is 1.38. The zero-order chi connectivity index (χ0) is 18.9. The Kier molecular flexibility index (Phi) is 3.48. The first-order chi connectivity index (χ1) is 13.0. The van der Waals surface area contributed by atoms with E-state index in [1.807, 2.05) is 6.07 Å². The molecule has 6 nitrogen and oxygen atoms in total. The molecule has 7 atom stereocenters. The van der Waals surface area contributed by atoms with Crippen LogP contribution in [0.25, 0.3) is 0 Å². The largest absolute Gasteiger partial charge is 0.495 e.